The number of hydrogen-bond acceptors (Lipinski definition) is 2. The molecule has 4 heteroatoms. The van der Waals surface area contributed by atoms with Crippen LogP contribution in [0.3, 0.4) is 0 Å². The third-order valence-electron chi connectivity index (χ3n) is 2.91. The Bertz CT molecular complexity index is 529. The van der Waals surface area contributed by atoms with E-state index in [1.54, 1.807) is 0 Å². The fourth-order valence-electron chi connectivity index (χ4n) is 1.93. The predicted molar refractivity (Wildman–Crippen MR) is 79.6 cm³/mol. The van der Waals surface area contributed by atoms with Crippen LogP contribution in [-0.4, -0.2) is 23.8 Å². The highest BCUT2D eigenvalue weighted by molar-refractivity contribution is 5.89. The van der Waals surface area contributed by atoms with Gasteiger partial charge in [-0.15, -0.1) is 0 Å². The van der Waals surface area contributed by atoms with Gasteiger partial charge in [0.1, 0.15) is 0 Å². The number of amides is 2. The third-order valence-corrected chi connectivity index (χ3v) is 2.91. The molecule has 0 bridgehead atoms. The van der Waals surface area contributed by atoms with Crippen LogP contribution in [0, 0.1) is 0 Å². The first-order chi connectivity index (χ1) is 9.78. The molecule has 0 unspecified atom stereocenters. The summed E-state index contributed by atoms with van der Waals surface area (Å²) in [5.74, 6) is 0. The van der Waals surface area contributed by atoms with Crippen LogP contribution in [0.2, 0.25) is 0 Å². The highest BCUT2D eigenvalue weighted by atomic mass is 16.3. The Hall–Kier alpha value is -2.33. The Morgan fingerprint density at radius 3 is 2.20 bits per heavy atom. The molecule has 0 aliphatic carbocycles. The van der Waals surface area contributed by atoms with Gasteiger partial charge in [0, 0.05) is 5.69 Å². The molecule has 2 rings (SSSR count). The Morgan fingerprint density at radius 1 is 1.00 bits per heavy atom. The van der Waals surface area contributed by atoms with E-state index in [1.807, 2.05) is 60.7 Å². The summed E-state index contributed by atoms with van der Waals surface area (Å²) in [6.45, 7) is -0.100. The van der Waals surface area contributed by atoms with E-state index in [0.717, 1.165) is 11.3 Å². The smallest absolute Gasteiger partial charge is 0.319 e. The number of benzene rings is 2. The van der Waals surface area contributed by atoms with E-state index < -0.39 is 0 Å². The number of aliphatic hydroxyl groups excluding tert-OH is 1. The fraction of sp³-hybridized carbons (Fsp3) is 0.188. The van der Waals surface area contributed by atoms with Crippen LogP contribution in [0.5, 0.6) is 0 Å². The number of hydrogen-bond donors (Lipinski definition) is 3. The van der Waals surface area contributed by atoms with Crippen LogP contribution in [0.25, 0.3) is 0 Å². The maximum atomic E-state index is 11.8. The Morgan fingerprint density at radius 2 is 1.60 bits per heavy atom. The van der Waals surface area contributed by atoms with Crippen LogP contribution < -0.4 is 10.6 Å². The van der Waals surface area contributed by atoms with Crippen molar-refractivity contribution >= 4 is 11.7 Å². The van der Waals surface area contributed by atoms with E-state index in [9.17, 15) is 9.90 Å². The fourth-order valence-corrected chi connectivity index (χ4v) is 1.93. The first-order valence-electron chi connectivity index (χ1n) is 6.55. The summed E-state index contributed by atoms with van der Waals surface area (Å²) in [6.07, 6.45) is 0.597. The first kappa shape index (κ1) is 14.1. The van der Waals surface area contributed by atoms with Crippen LogP contribution in [0.1, 0.15) is 5.56 Å². The zero-order chi connectivity index (χ0) is 14.2. The molecule has 0 saturated carbocycles. The highest BCUT2D eigenvalue weighted by Gasteiger charge is 2.11. The molecule has 20 heavy (non-hydrogen) atoms. The second kappa shape index (κ2) is 7.31. The van der Waals surface area contributed by atoms with Crippen molar-refractivity contribution in [2.75, 3.05) is 11.9 Å². The van der Waals surface area contributed by atoms with Gasteiger partial charge < -0.3 is 15.7 Å². The van der Waals surface area contributed by atoms with E-state index >= 15 is 0 Å². The van der Waals surface area contributed by atoms with Gasteiger partial charge in [-0.2, -0.15) is 0 Å². The Labute approximate surface area is 118 Å². The summed E-state index contributed by atoms with van der Waals surface area (Å²) < 4.78 is 0. The maximum absolute atomic E-state index is 11.8. The van der Waals surface area contributed by atoms with Crippen molar-refractivity contribution in [1.82, 2.24) is 5.32 Å². The summed E-state index contributed by atoms with van der Waals surface area (Å²) in [6, 6.07) is 18.3. The zero-order valence-corrected chi connectivity index (χ0v) is 11.1. The third kappa shape index (κ3) is 4.40. The number of rotatable bonds is 5. The van der Waals surface area contributed by atoms with Crippen LogP contribution in [-0.2, 0) is 6.42 Å². The van der Waals surface area contributed by atoms with Crippen molar-refractivity contribution in [3.05, 3.63) is 66.2 Å². The summed E-state index contributed by atoms with van der Waals surface area (Å²) in [4.78, 5) is 11.8. The van der Waals surface area contributed by atoms with Gasteiger partial charge in [-0.1, -0.05) is 48.5 Å². The Kier molecular flexibility index (Phi) is 5.15. The maximum Gasteiger partial charge on any atom is 0.319 e. The lowest BCUT2D eigenvalue weighted by atomic mass is 10.1. The average Bonchev–Trinajstić information content (AvgIpc) is 2.48. The molecule has 2 amide bonds. The molecule has 0 spiro atoms. The van der Waals surface area contributed by atoms with Crippen LogP contribution >= 0.6 is 0 Å². The summed E-state index contributed by atoms with van der Waals surface area (Å²) in [5.41, 5.74) is 1.80. The van der Waals surface area contributed by atoms with Crippen molar-refractivity contribution in [3.8, 4) is 0 Å². The van der Waals surface area contributed by atoms with Gasteiger partial charge in [-0.25, -0.2) is 4.79 Å². The summed E-state index contributed by atoms with van der Waals surface area (Å²) in [7, 11) is 0. The van der Waals surface area contributed by atoms with Crippen molar-refractivity contribution in [3.63, 3.8) is 0 Å². The lowest BCUT2D eigenvalue weighted by molar-refractivity contribution is 0.224. The highest BCUT2D eigenvalue weighted by Crippen LogP contribution is 2.06. The minimum absolute atomic E-state index is 0.100. The number of urea groups is 1. The topological polar surface area (TPSA) is 61.4 Å². The van der Waals surface area contributed by atoms with Crippen LogP contribution in [0.4, 0.5) is 10.5 Å². The summed E-state index contributed by atoms with van der Waals surface area (Å²) in [5, 5.41) is 14.9. The second-order valence-electron chi connectivity index (χ2n) is 4.53. The largest absolute Gasteiger partial charge is 0.394 e. The summed E-state index contributed by atoms with van der Waals surface area (Å²) >= 11 is 0. The molecule has 2 aromatic carbocycles. The first-order valence-corrected chi connectivity index (χ1v) is 6.55. The average molecular weight is 270 g/mol. The molecule has 0 fully saturated rings. The standard InChI is InChI=1S/C16H18N2O2/c19-12-15(11-13-7-3-1-4-8-13)18-16(20)17-14-9-5-2-6-10-14/h1-10,15,19H,11-12H2,(H2,17,18,20)/t15-/m0/s1. The molecule has 104 valence electrons. The molecule has 1 atom stereocenters. The zero-order valence-electron chi connectivity index (χ0n) is 11.1. The number of anilines is 1. The van der Waals surface area contributed by atoms with Gasteiger partial charge in [0.2, 0.25) is 0 Å². The van der Waals surface area contributed by atoms with E-state index in [4.69, 9.17) is 0 Å². The second-order valence-corrected chi connectivity index (χ2v) is 4.53. The molecule has 0 saturated heterocycles. The van der Waals surface area contributed by atoms with Gasteiger partial charge in [0.15, 0.2) is 0 Å². The van der Waals surface area contributed by atoms with Crippen molar-refractivity contribution < 1.29 is 9.90 Å². The molecule has 0 heterocycles. The van der Waals surface area contributed by atoms with Gasteiger partial charge >= 0.3 is 6.03 Å². The molecular formula is C16H18N2O2. The Balaban J connectivity index is 1.88. The number of nitrogens with one attached hydrogen (secondary N) is 2. The van der Waals surface area contributed by atoms with Crippen molar-refractivity contribution in [2.24, 2.45) is 0 Å². The molecule has 0 aliphatic rings. The van der Waals surface area contributed by atoms with Crippen LogP contribution in [0.15, 0.2) is 60.7 Å². The number of carbonyl (C=O) groups is 1. The quantitative estimate of drug-likeness (QED) is 0.781. The number of aliphatic hydroxyl groups is 1. The van der Waals surface area contributed by atoms with Gasteiger partial charge in [-0.3, -0.25) is 0 Å². The number of para-hydroxylation sites is 1. The van der Waals surface area contributed by atoms with E-state index in [0.29, 0.717) is 6.42 Å². The number of carbonyl (C=O) groups excluding carboxylic acids is 1. The van der Waals surface area contributed by atoms with E-state index in [2.05, 4.69) is 10.6 Å². The SMILES string of the molecule is O=C(Nc1ccccc1)N[C@H](CO)Cc1ccccc1. The normalized spacial score (nSPS) is 11.7. The molecular weight excluding hydrogens is 252 g/mol. The van der Waals surface area contributed by atoms with Gasteiger partial charge in [-0.05, 0) is 24.1 Å². The molecule has 2 aromatic rings. The molecule has 0 aromatic heterocycles. The lowest BCUT2D eigenvalue weighted by Crippen LogP contribution is -2.41. The molecule has 0 aliphatic heterocycles. The van der Waals surface area contributed by atoms with Crippen molar-refractivity contribution in [1.29, 1.82) is 0 Å². The minimum Gasteiger partial charge on any atom is -0.394 e. The van der Waals surface area contributed by atoms with Gasteiger partial charge in [0.25, 0.3) is 0 Å². The predicted octanol–water partition coefficient (Wildman–Crippen LogP) is 2.41. The monoisotopic (exact) mass is 270 g/mol. The lowest BCUT2D eigenvalue weighted by Gasteiger charge is -2.17. The van der Waals surface area contributed by atoms with E-state index in [-0.39, 0.29) is 18.7 Å². The molecule has 0 radical (unpaired) electrons. The molecule has 4 nitrogen and oxygen atoms in total. The minimum atomic E-state index is -0.314. The van der Waals surface area contributed by atoms with Gasteiger partial charge in [0.05, 0.1) is 12.6 Å². The van der Waals surface area contributed by atoms with E-state index in [1.165, 1.54) is 0 Å². The molecule has 3 N–H and O–H groups in total. The van der Waals surface area contributed by atoms with Crippen molar-refractivity contribution in [2.45, 2.75) is 12.5 Å².